The third kappa shape index (κ3) is 2.23. The normalized spacial score (nSPS) is 13.4. The van der Waals surface area contributed by atoms with Crippen molar-refractivity contribution < 1.29 is 17.9 Å². The third-order valence-corrected chi connectivity index (χ3v) is 4.29. The van der Waals surface area contributed by atoms with Crippen LogP contribution in [0.25, 0.3) is 22.2 Å². The van der Waals surface area contributed by atoms with E-state index in [9.17, 15) is 13.2 Å². The van der Waals surface area contributed by atoms with E-state index in [4.69, 9.17) is 16.3 Å². The summed E-state index contributed by atoms with van der Waals surface area (Å²) in [5.41, 5.74) is 1.74. The minimum Gasteiger partial charge on any atom is -0.488 e. The van der Waals surface area contributed by atoms with E-state index in [0.717, 1.165) is 17.7 Å². The number of halogens is 4. The number of pyridine rings is 1. The first kappa shape index (κ1) is 14.3. The number of benzene rings is 2. The lowest BCUT2D eigenvalue weighted by Crippen LogP contribution is -2.09. The van der Waals surface area contributed by atoms with E-state index in [0.29, 0.717) is 22.5 Å². The fraction of sp³-hybridized carbons (Fsp3) is 0.118. The van der Waals surface area contributed by atoms with Gasteiger partial charge in [-0.25, -0.2) is 4.98 Å². The second kappa shape index (κ2) is 4.86. The van der Waals surface area contributed by atoms with Gasteiger partial charge in [0.25, 0.3) is 0 Å². The van der Waals surface area contributed by atoms with Crippen LogP contribution >= 0.6 is 11.6 Å². The molecule has 0 amide bonds. The van der Waals surface area contributed by atoms with Crippen LogP contribution in [0.4, 0.5) is 13.2 Å². The highest BCUT2D eigenvalue weighted by atomic mass is 35.5. The van der Waals surface area contributed by atoms with Gasteiger partial charge >= 0.3 is 6.18 Å². The number of nitrogens with zero attached hydrogens (tertiary/aromatic N) is 1. The summed E-state index contributed by atoms with van der Waals surface area (Å²) in [4.78, 5) is 4.51. The summed E-state index contributed by atoms with van der Waals surface area (Å²) >= 11 is 6.36. The van der Waals surface area contributed by atoms with E-state index in [2.05, 4.69) is 4.98 Å². The summed E-state index contributed by atoms with van der Waals surface area (Å²) < 4.78 is 44.3. The molecule has 6 heteroatoms. The number of para-hydroxylation sites is 1. The van der Waals surface area contributed by atoms with Gasteiger partial charge in [0, 0.05) is 16.5 Å². The van der Waals surface area contributed by atoms with E-state index in [1.54, 1.807) is 0 Å². The molecule has 2 aromatic carbocycles. The van der Waals surface area contributed by atoms with Gasteiger partial charge in [-0.1, -0.05) is 23.7 Å². The molecule has 0 spiro atoms. The standard InChI is InChI=1S/C17H9ClF3NO/c18-15-11-7-9(17(19,20)21)5-6-13(11)22-16-10-3-1-2-4-14(10)23-8-12(15)16/h1-7H,8H2. The molecule has 1 aliphatic rings. The van der Waals surface area contributed by atoms with Gasteiger partial charge in [-0.15, -0.1) is 0 Å². The smallest absolute Gasteiger partial charge is 0.416 e. The summed E-state index contributed by atoms with van der Waals surface area (Å²) in [5, 5.41) is 0.536. The van der Waals surface area contributed by atoms with Crippen LogP contribution in [-0.2, 0) is 12.8 Å². The molecule has 0 saturated heterocycles. The summed E-state index contributed by atoms with van der Waals surface area (Å²) in [7, 11) is 0. The van der Waals surface area contributed by atoms with Gasteiger partial charge in [-0.3, -0.25) is 0 Å². The summed E-state index contributed by atoms with van der Waals surface area (Å²) in [6, 6.07) is 10.8. The molecule has 0 atom stereocenters. The summed E-state index contributed by atoms with van der Waals surface area (Å²) in [6.45, 7) is 0.185. The molecule has 0 fully saturated rings. The Morgan fingerprint density at radius 2 is 1.87 bits per heavy atom. The minimum atomic E-state index is -4.42. The topological polar surface area (TPSA) is 22.1 Å². The predicted molar refractivity (Wildman–Crippen MR) is 81.5 cm³/mol. The summed E-state index contributed by atoms with van der Waals surface area (Å²) in [5.74, 6) is 0.690. The van der Waals surface area contributed by atoms with E-state index in [-0.39, 0.29) is 17.0 Å². The Balaban J connectivity index is 2.01. The van der Waals surface area contributed by atoms with E-state index in [1.165, 1.54) is 6.07 Å². The van der Waals surface area contributed by atoms with Crippen molar-refractivity contribution in [3.05, 3.63) is 58.6 Å². The molecule has 116 valence electrons. The van der Waals surface area contributed by atoms with Crippen LogP contribution in [0, 0.1) is 0 Å². The lowest BCUT2D eigenvalue weighted by atomic mass is 10.00. The number of alkyl halides is 3. The number of aromatic nitrogens is 1. The first-order valence-electron chi connectivity index (χ1n) is 6.86. The number of hydrogen-bond acceptors (Lipinski definition) is 2. The molecule has 0 unspecified atom stereocenters. The highest BCUT2D eigenvalue weighted by Crippen LogP contribution is 2.42. The molecule has 4 rings (SSSR count). The van der Waals surface area contributed by atoms with Crippen molar-refractivity contribution >= 4 is 22.5 Å². The molecule has 1 aliphatic heterocycles. The van der Waals surface area contributed by atoms with Crippen LogP contribution in [0.5, 0.6) is 5.75 Å². The SMILES string of the molecule is FC(F)(F)c1ccc2nc3c(c(Cl)c2c1)COc1ccccc1-3. The van der Waals surface area contributed by atoms with E-state index >= 15 is 0 Å². The molecule has 2 nitrogen and oxygen atoms in total. The lowest BCUT2D eigenvalue weighted by Gasteiger charge is -2.22. The van der Waals surface area contributed by atoms with Crippen molar-refractivity contribution in [1.82, 2.24) is 4.98 Å². The van der Waals surface area contributed by atoms with Gasteiger partial charge in [-0.05, 0) is 30.3 Å². The molecule has 0 bridgehead atoms. The Morgan fingerprint density at radius 3 is 2.65 bits per heavy atom. The highest BCUT2D eigenvalue weighted by molar-refractivity contribution is 6.36. The van der Waals surface area contributed by atoms with E-state index in [1.807, 2.05) is 24.3 Å². The maximum absolute atomic E-state index is 12.9. The van der Waals surface area contributed by atoms with Gasteiger partial charge in [0.15, 0.2) is 0 Å². The molecule has 23 heavy (non-hydrogen) atoms. The number of ether oxygens (including phenoxy) is 1. The second-order valence-electron chi connectivity index (χ2n) is 5.27. The van der Waals surface area contributed by atoms with Crippen molar-refractivity contribution in [1.29, 1.82) is 0 Å². The Bertz CT molecular complexity index is 937. The van der Waals surface area contributed by atoms with Crippen LogP contribution in [0.3, 0.4) is 0 Å². The van der Waals surface area contributed by atoms with Gasteiger partial charge < -0.3 is 4.74 Å². The van der Waals surface area contributed by atoms with Gasteiger partial charge in [0.2, 0.25) is 0 Å². The average Bonchev–Trinajstić information content (AvgIpc) is 2.54. The molecule has 3 aromatic rings. The van der Waals surface area contributed by atoms with Gasteiger partial charge in [-0.2, -0.15) is 13.2 Å². The van der Waals surface area contributed by atoms with Crippen molar-refractivity contribution in [2.45, 2.75) is 12.8 Å². The van der Waals surface area contributed by atoms with Crippen LogP contribution < -0.4 is 4.74 Å². The van der Waals surface area contributed by atoms with Crippen molar-refractivity contribution in [3.63, 3.8) is 0 Å². The largest absolute Gasteiger partial charge is 0.488 e. The van der Waals surface area contributed by atoms with Gasteiger partial charge in [0.1, 0.15) is 12.4 Å². The number of hydrogen-bond donors (Lipinski definition) is 0. The zero-order chi connectivity index (χ0) is 16.2. The molecule has 1 aromatic heterocycles. The molecule has 0 saturated carbocycles. The molecule has 0 aliphatic carbocycles. The Labute approximate surface area is 134 Å². The van der Waals surface area contributed by atoms with Crippen LogP contribution in [0.15, 0.2) is 42.5 Å². The number of fused-ring (bicyclic) bond motifs is 4. The first-order chi connectivity index (χ1) is 10.9. The highest BCUT2D eigenvalue weighted by Gasteiger charge is 2.31. The lowest BCUT2D eigenvalue weighted by molar-refractivity contribution is -0.137. The van der Waals surface area contributed by atoms with Crippen LogP contribution in [-0.4, -0.2) is 4.98 Å². The quantitative estimate of drug-likeness (QED) is 0.543. The van der Waals surface area contributed by atoms with Crippen LogP contribution in [0.1, 0.15) is 11.1 Å². The Kier molecular flexibility index (Phi) is 3.03. The van der Waals surface area contributed by atoms with Crippen molar-refractivity contribution in [3.8, 4) is 17.0 Å². The fourth-order valence-electron chi connectivity index (χ4n) is 2.73. The Morgan fingerprint density at radius 1 is 1.09 bits per heavy atom. The van der Waals surface area contributed by atoms with Crippen molar-refractivity contribution in [2.75, 3.05) is 0 Å². The molecule has 0 radical (unpaired) electrons. The monoisotopic (exact) mass is 335 g/mol. The molecular weight excluding hydrogens is 327 g/mol. The Hall–Kier alpha value is -2.27. The van der Waals surface area contributed by atoms with Crippen LogP contribution in [0.2, 0.25) is 5.02 Å². The predicted octanol–water partition coefficient (Wildman–Crippen LogP) is 5.47. The fourth-order valence-corrected chi connectivity index (χ4v) is 3.03. The zero-order valence-electron chi connectivity index (χ0n) is 11.6. The maximum Gasteiger partial charge on any atom is 0.416 e. The minimum absolute atomic E-state index is 0.185. The molecule has 2 heterocycles. The molecule has 0 N–H and O–H groups in total. The summed E-state index contributed by atoms with van der Waals surface area (Å²) in [6.07, 6.45) is -4.42. The van der Waals surface area contributed by atoms with E-state index < -0.39 is 11.7 Å². The molecular formula is C17H9ClF3NO. The zero-order valence-corrected chi connectivity index (χ0v) is 12.4. The third-order valence-electron chi connectivity index (χ3n) is 3.86. The number of rotatable bonds is 0. The first-order valence-corrected chi connectivity index (χ1v) is 7.24. The second-order valence-corrected chi connectivity index (χ2v) is 5.65. The maximum atomic E-state index is 12.9. The van der Waals surface area contributed by atoms with Crippen molar-refractivity contribution in [2.24, 2.45) is 0 Å². The average molecular weight is 336 g/mol. The van der Waals surface area contributed by atoms with Gasteiger partial charge in [0.05, 0.1) is 21.8 Å².